The topological polar surface area (TPSA) is 87.4 Å². The molecular weight excluding hydrogens is 411 g/mol. The number of nitrogens with one attached hydrogen (secondary N) is 1. The van der Waals surface area contributed by atoms with E-state index < -0.39 is 11.9 Å². The van der Waals surface area contributed by atoms with E-state index in [1.165, 1.54) is 6.07 Å². The number of carbonyl (C=O) groups is 1. The Morgan fingerprint density at radius 2 is 1.61 bits per heavy atom. The molecule has 0 radical (unpaired) electrons. The number of fused-ring (bicyclic) bond motifs is 5. The van der Waals surface area contributed by atoms with Gasteiger partial charge in [-0.25, -0.2) is 4.98 Å². The van der Waals surface area contributed by atoms with Crippen LogP contribution in [0.1, 0.15) is 79.6 Å². The summed E-state index contributed by atoms with van der Waals surface area (Å²) in [6.45, 7) is 0. The number of aromatic nitrogens is 2. The molecule has 166 valence electrons. The smallest absolute Gasteiger partial charge is 0.433 e. The van der Waals surface area contributed by atoms with E-state index >= 15 is 0 Å². The fraction of sp³-hybridized carbons (Fsp3) is 0.545. The molecular formula is C22H24F3N3O3. The van der Waals surface area contributed by atoms with Crippen LogP contribution in [0.5, 0.6) is 11.8 Å². The molecule has 2 heterocycles. The van der Waals surface area contributed by atoms with Gasteiger partial charge < -0.3 is 15.5 Å². The summed E-state index contributed by atoms with van der Waals surface area (Å²) in [5, 5.41) is 24.2. The Balaban J connectivity index is 1.23. The second-order valence-electron chi connectivity index (χ2n) is 8.98. The summed E-state index contributed by atoms with van der Waals surface area (Å²) in [4.78, 5) is 15.9. The van der Waals surface area contributed by atoms with E-state index in [1.54, 1.807) is 4.57 Å². The first-order valence-corrected chi connectivity index (χ1v) is 10.7. The van der Waals surface area contributed by atoms with Gasteiger partial charge in [0, 0.05) is 23.1 Å². The lowest BCUT2D eigenvalue weighted by Crippen LogP contribution is -2.28. The van der Waals surface area contributed by atoms with Crippen molar-refractivity contribution in [3.05, 3.63) is 35.2 Å². The Morgan fingerprint density at radius 1 is 1.00 bits per heavy atom. The van der Waals surface area contributed by atoms with Crippen LogP contribution >= 0.6 is 0 Å². The fourth-order valence-electron chi connectivity index (χ4n) is 5.73. The molecule has 0 unspecified atom stereocenters. The molecule has 2 fully saturated rings. The maximum Gasteiger partial charge on any atom is 0.433 e. The second kappa shape index (κ2) is 7.17. The van der Waals surface area contributed by atoms with Gasteiger partial charge in [0.25, 0.3) is 0 Å². The molecule has 0 spiro atoms. The highest BCUT2D eigenvalue weighted by Crippen LogP contribution is 2.61. The van der Waals surface area contributed by atoms with E-state index in [2.05, 4.69) is 10.3 Å². The standard InChI is InChI=1S/C22H24F3N3O3/c23-22(24,25)16-8-5-14(10-26-16)27-19(29)11-3-6-15(7-4-11)28-20(30)17-12-1-2-13(9-12)18(17)21(28)31/h5,8,10-13,15,30-31H,1-4,6-7,9H2,(H,27,29)/t11?,12-,13+,15?. The third-order valence-electron chi connectivity index (χ3n) is 7.23. The van der Waals surface area contributed by atoms with Crippen LogP contribution in [-0.4, -0.2) is 25.7 Å². The molecule has 2 atom stereocenters. The number of anilines is 1. The predicted octanol–water partition coefficient (Wildman–Crippen LogP) is 5.05. The van der Waals surface area contributed by atoms with Gasteiger partial charge in [0.15, 0.2) is 11.8 Å². The molecule has 2 saturated carbocycles. The third-order valence-corrected chi connectivity index (χ3v) is 7.23. The number of amides is 1. The molecule has 2 bridgehead atoms. The minimum Gasteiger partial charge on any atom is -0.494 e. The van der Waals surface area contributed by atoms with Gasteiger partial charge in [-0.05, 0) is 68.9 Å². The zero-order chi connectivity index (χ0) is 21.9. The van der Waals surface area contributed by atoms with Crippen LogP contribution in [0.2, 0.25) is 0 Å². The molecule has 2 aromatic heterocycles. The maximum atomic E-state index is 12.6. The minimum atomic E-state index is -4.52. The molecule has 31 heavy (non-hydrogen) atoms. The molecule has 0 aromatic carbocycles. The largest absolute Gasteiger partial charge is 0.494 e. The van der Waals surface area contributed by atoms with Crippen molar-refractivity contribution in [2.45, 2.75) is 69.0 Å². The lowest BCUT2D eigenvalue weighted by atomic mass is 9.85. The van der Waals surface area contributed by atoms with E-state index in [0.29, 0.717) is 37.5 Å². The monoisotopic (exact) mass is 435 g/mol. The summed E-state index contributed by atoms with van der Waals surface area (Å²) in [5.74, 6) is 0.521. The number of hydrogen-bond donors (Lipinski definition) is 3. The predicted molar refractivity (Wildman–Crippen MR) is 106 cm³/mol. The summed E-state index contributed by atoms with van der Waals surface area (Å²) in [7, 11) is 0. The minimum absolute atomic E-state index is 0.0678. The Labute approximate surface area is 177 Å². The highest BCUT2D eigenvalue weighted by atomic mass is 19.4. The number of hydrogen-bond acceptors (Lipinski definition) is 4. The molecule has 0 saturated heterocycles. The van der Waals surface area contributed by atoms with Crippen molar-refractivity contribution in [1.29, 1.82) is 0 Å². The number of aromatic hydroxyl groups is 2. The first kappa shape index (κ1) is 20.2. The van der Waals surface area contributed by atoms with E-state index in [0.717, 1.165) is 42.7 Å². The van der Waals surface area contributed by atoms with Gasteiger partial charge in [0.2, 0.25) is 5.91 Å². The molecule has 3 aliphatic rings. The van der Waals surface area contributed by atoms with Crippen molar-refractivity contribution >= 4 is 11.6 Å². The van der Waals surface area contributed by atoms with Gasteiger partial charge in [-0.2, -0.15) is 13.2 Å². The normalized spacial score (nSPS) is 27.3. The number of halogens is 3. The highest BCUT2D eigenvalue weighted by molar-refractivity contribution is 5.92. The molecule has 1 amide bonds. The van der Waals surface area contributed by atoms with Crippen LogP contribution in [0, 0.1) is 5.92 Å². The van der Waals surface area contributed by atoms with Crippen LogP contribution in [0.25, 0.3) is 0 Å². The summed E-state index contributed by atoms with van der Waals surface area (Å²) >= 11 is 0. The molecule has 3 N–H and O–H groups in total. The van der Waals surface area contributed by atoms with Gasteiger partial charge in [-0.15, -0.1) is 0 Å². The summed E-state index contributed by atoms with van der Waals surface area (Å²) in [6, 6.07) is 1.98. The zero-order valence-corrected chi connectivity index (χ0v) is 16.8. The first-order chi connectivity index (χ1) is 14.7. The Bertz CT molecular complexity index is 974. The van der Waals surface area contributed by atoms with Gasteiger partial charge in [0.1, 0.15) is 5.69 Å². The number of nitrogens with zero attached hydrogens (tertiary/aromatic N) is 2. The average Bonchev–Trinajstić information content (AvgIpc) is 3.42. The van der Waals surface area contributed by atoms with Crippen molar-refractivity contribution in [3.8, 4) is 11.8 Å². The van der Waals surface area contributed by atoms with Crippen molar-refractivity contribution in [1.82, 2.24) is 9.55 Å². The molecule has 2 aromatic rings. The van der Waals surface area contributed by atoms with E-state index in [4.69, 9.17) is 0 Å². The summed E-state index contributed by atoms with van der Waals surface area (Å²) in [6.07, 6.45) is 2.02. The van der Waals surface area contributed by atoms with Crippen LogP contribution < -0.4 is 5.32 Å². The van der Waals surface area contributed by atoms with E-state index in [-0.39, 0.29) is 35.3 Å². The average molecular weight is 435 g/mol. The van der Waals surface area contributed by atoms with Gasteiger partial charge >= 0.3 is 6.18 Å². The van der Waals surface area contributed by atoms with Crippen LogP contribution in [0.4, 0.5) is 18.9 Å². The molecule has 0 aliphatic heterocycles. The Hall–Kier alpha value is -2.71. The first-order valence-electron chi connectivity index (χ1n) is 10.7. The van der Waals surface area contributed by atoms with Crippen molar-refractivity contribution in [3.63, 3.8) is 0 Å². The lowest BCUT2D eigenvalue weighted by Gasteiger charge is -2.29. The third kappa shape index (κ3) is 3.34. The quantitative estimate of drug-likeness (QED) is 0.630. The molecule has 6 nitrogen and oxygen atoms in total. The summed E-state index contributed by atoms with van der Waals surface area (Å²) in [5.41, 5.74) is 1.07. The highest BCUT2D eigenvalue weighted by Gasteiger charge is 2.45. The van der Waals surface area contributed by atoms with Crippen molar-refractivity contribution in [2.24, 2.45) is 5.92 Å². The fourth-order valence-corrected chi connectivity index (χ4v) is 5.73. The van der Waals surface area contributed by atoms with Crippen LogP contribution in [0.15, 0.2) is 18.3 Å². The van der Waals surface area contributed by atoms with E-state index in [1.807, 2.05) is 0 Å². The molecule has 5 rings (SSSR count). The maximum absolute atomic E-state index is 12.6. The van der Waals surface area contributed by atoms with Crippen molar-refractivity contribution < 1.29 is 28.2 Å². The van der Waals surface area contributed by atoms with Gasteiger partial charge in [-0.1, -0.05) is 0 Å². The lowest BCUT2D eigenvalue weighted by molar-refractivity contribution is -0.141. The summed E-state index contributed by atoms with van der Waals surface area (Å²) < 4.78 is 39.5. The number of pyridine rings is 1. The number of carbonyl (C=O) groups excluding carboxylic acids is 1. The van der Waals surface area contributed by atoms with E-state index in [9.17, 15) is 28.2 Å². The van der Waals surface area contributed by atoms with Gasteiger partial charge in [0.05, 0.1) is 11.9 Å². The second-order valence-corrected chi connectivity index (χ2v) is 8.98. The Morgan fingerprint density at radius 3 is 2.13 bits per heavy atom. The zero-order valence-electron chi connectivity index (χ0n) is 16.8. The number of alkyl halides is 3. The van der Waals surface area contributed by atoms with Crippen LogP contribution in [-0.2, 0) is 11.0 Å². The van der Waals surface area contributed by atoms with Gasteiger partial charge in [-0.3, -0.25) is 9.36 Å². The number of rotatable bonds is 3. The van der Waals surface area contributed by atoms with Crippen molar-refractivity contribution in [2.75, 3.05) is 5.32 Å². The molecule has 9 heteroatoms. The Kier molecular flexibility index (Phi) is 4.67. The SMILES string of the molecule is O=C(Nc1ccc(C(F)(F)F)nc1)C1CCC(n2c(O)c3c(c2O)[C@H]2CC[C@@H]3C2)CC1. The molecule has 3 aliphatic carbocycles. The van der Waals surface area contributed by atoms with Crippen LogP contribution in [0.3, 0.4) is 0 Å².